The van der Waals surface area contributed by atoms with Crippen LogP contribution in [-0.4, -0.2) is 11.9 Å². The normalized spacial score (nSPS) is 10.4. The summed E-state index contributed by atoms with van der Waals surface area (Å²) in [4.78, 5) is 24.6. The lowest BCUT2D eigenvalue weighted by Crippen LogP contribution is -2.12. The Balaban J connectivity index is 2.19. The van der Waals surface area contributed by atoms with Gasteiger partial charge >= 0.3 is 5.97 Å². The van der Waals surface area contributed by atoms with E-state index in [1.165, 1.54) is 18.3 Å². The van der Waals surface area contributed by atoms with Crippen molar-refractivity contribution >= 4 is 39.8 Å². The van der Waals surface area contributed by atoms with E-state index in [-0.39, 0.29) is 12.5 Å². The van der Waals surface area contributed by atoms with Crippen LogP contribution in [0.5, 0.6) is 0 Å². The van der Waals surface area contributed by atoms with E-state index in [0.717, 1.165) is 16.0 Å². The lowest BCUT2D eigenvalue weighted by atomic mass is 10.1. The molecule has 0 aliphatic heterocycles. The van der Waals surface area contributed by atoms with Crippen LogP contribution in [-0.2, 0) is 16.1 Å². The zero-order valence-electron chi connectivity index (χ0n) is 12.5. The van der Waals surface area contributed by atoms with Crippen LogP contribution in [0, 0.1) is 13.8 Å². The second-order valence-electron chi connectivity index (χ2n) is 4.84. The number of nitrogens with one attached hydrogen (secondary N) is 1. The third kappa shape index (κ3) is 3.67. The van der Waals surface area contributed by atoms with Gasteiger partial charge in [0.1, 0.15) is 11.6 Å². The van der Waals surface area contributed by atoms with Crippen molar-refractivity contribution in [2.75, 3.05) is 5.32 Å². The third-order valence-electron chi connectivity index (χ3n) is 3.20. The van der Waals surface area contributed by atoms with E-state index in [0.29, 0.717) is 15.6 Å². The van der Waals surface area contributed by atoms with Crippen molar-refractivity contribution in [3.05, 3.63) is 50.9 Å². The van der Waals surface area contributed by atoms with Crippen LogP contribution in [0.4, 0.5) is 5.00 Å². The molecule has 0 aliphatic rings. The Labute approximate surface area is 138 Å². The maximum absolute atomic E-state index is 12.4. The van der Waals surface area contributed by atoms with Gasteiger partial charge in [0, 0.05) is 22.4 Å². The Morgan fingerprint density at radius 2 is 1.95 bits per heavy atom. The van der Waals surface area contributed by atoms with Gasteiger partial charge in [-0.1, -0.05) is 29.8 Å². The molecule has 1 amide bonds. The van der Waals surface area contributed by atoms with E-state index in [2.05, 4.69) is 5.32 Å². The second kappa shape index (κ2) is 6.94. The summed E-state index contributed by atoms with van der Waals surface area (Å²) < 4.78 is 5.34. The molecule has 2 rings (SSSR count). The molecule has 22 heavy (non-hydrogen) atoms. The highest BCUT2D eigenvalue weighted by atomic mass is 35.5. The molecular formula is C16H16ClNO3S. The average Bonchev–Trinajstić information content (AvgIpc) is 2.72. The van der Waals surface area contributed by atoms with Gasteiger partial charge < -0.3 is 10.1 Å². The number of benzene rings is 1. The van der Waals surface area contributed by atoms with Crippen LogP contribution in [0.2, 0.25) is 5.02 Å². The molecule has 4 nitrogen and oxygen atoms in total. The summed E-state index contributed by atoms with van der Waals surface area (Å²) in [6, 6.07) is 7.19. The molecule has 1 N–H and O–H groups in total. The lowest BCUT2D eigenvalue weighted by molar-refractivity contribution is -0.114. The Morgan fingerprint density at radius 3 is 2.59 bits per heavy atom. The minimum Gasteiger partial charge on any atom is -0.457 e. The van der Waals surface area contributed by atoms with Gasteiger partial charge in [0.15, 0.2) is 0 Å². The first kappa shape index (κ1) is 16.5. The Kier molecular flexibility index (Phi) is 5.21. The molecule has 116 valence electrons. The van der Waals surface area contributed by atoms with Crippen molar-refractivity contribution in [1.82, 2.24) is 0 Å². The molecule has 0 spiro atoms. The number of halogens is 1. The minimum atomic E-state index is -0.467. The molecule has 0 aliphatic carbocycles. The Morgan fingerprint density at radius 1 is 1.27 bits per heavy atom. The highest BCUT2D eigenvalue weighted by Gasteiger charge is 2.21. The number of aryl methyl sites for hydroxylation is 1. The Bertz CT molecular complexity index is 724. The van der Waals surface area contributed by atoms with Crippen LogP contribution in [0.3, 0.4) is 0 Å². The molecule has 0 saturated carbocycles. The monoisotopic (exact) mass is 337 g/mol. The largest absolute Gasteiger partial charge is 0.457 e. The number of hydrogen-bond donors (Lipinski definition) is 1. The number of rotatable bonds is 4. The molecule has 1 heterocycles. The van der Waals surface area contributed by atoms with Crippen LogP contribution in [0.15, 0.2) is 24.3 Å². The van der Waals surface area contributed by atoms with Crippen molar-refractivity contribution in [2.45, 2.75) is 27.4 Å². The number of esters is 1. The van der Waals surface area contributed by atoms with Crippen molar-refractivity contribution < 1.29 is 14.3 Å². The average molecular weight is 338 g/mol. The summed E-state index contributed by atoms with van der Waals surface area (Å²) in [5, 5.41) is 3.75. The molecule has 1 aromatic heterocycles. The van der Waals surface area contributed by atoms with Gasteiger partial charge in [0.25, 0.3) is 0 Å². The van der Waals surface area contributed by atoms with Crippen LogP contribution in [0.25, 0.3) is 0 Å². The molecule has 0 radical (unpaired) electrons. The third-order valence-corrected chi connectivity index (χ3v) is 4.69. The van der Waals surface area contributed by atoms with Crippen molar-refractivity contribution in [3.8, 4) is 0 Å². The molecule has 2 aromatic rings. The van der Waals surface area contributed by atoms with Crippen molar-refractivity contribution in [2.24, 2.45) is 0 Å². The van der Waals surface area contributed by atoms with Gasteiger partial charge in [-0.25, -0.2) is 4.79 Å². The van der Waals surface area contributed by atoms with Crippen molar-refractivity contribution in [3.63, 3.8) is 0 Å². The van der Waals surface area contributed by atoms with E-state index in [4.69, 9.17) is 16.3 Å². The fourth-order valence-electron chi connectivity index (χ4n) is 1.95. The number of carbonyl (C=O) groups excluding carboxylic acids is 2. The summed E-state index contributed by atoms with van der Waals surface area (Å²) in [6.07, 6.45) is 0. The number of ether oxygens (including phenoxy) is 1. The zero-order valence-corrected chi connectivity index (χ0v) is 14.1. The van der Waals surface area contributed by atoms with Gasteiger partial charge in [-0.3, -0.25) is 4.79 Å². The topological polar surface area (TPSA) is 55.4 Å². The first-order valence-electron chi connectivity index (χ1n) is 6.68. The highest BCUT2D eigenvalue weighted by molar-refractivity contribution is 7.16. The van der Waals surface area contributed by atoms with E-state index < -0.39 is 5.97 Å². The first-order valence-corrected chi connectivity index (χ1v) is 7.87. The predicted octanol–water partition coefficient (Wildman–Crippen LogP) is 4.33. The fourth-order valence-corrected chi connectivity index (χ4v) is 3.24. The first-order chi connectivity index (χ1) is 10.4. The summed E-state index contributed by atoms with van der Waals surface area (Å²) in [7, 11) is 0. The highest BCUT2D eigenvalue weighted by Crippen LogP contribution is 2.33. The molecular weight excluding hydrogens is 322 g/mol. The molecule has 0 atom stereocenters. The van der Waals surface area contributed by atoms with Gasteiger partial charge in [-0.2, -0.15) is 0 Å². The van der Waals surface area contributed by atoms with Gasteiger partial charge in [0.05, 0.1) is 5.56 Å². The van der Waals surface area contributed by atoms with E-state index in [1.807, 2.05) is 26.0 Å². The predicted molar refractivity (Wildman–Crippen MR) is 88.7 cm³/mol. The molecule has 0 fully saturated rings. The van der Waals surface area contributed by atoms with E-state index >= 15 is 0 Å². The maximum Gasteiger partial charge on any atom is 0.341 e. The van der Waals surface area contributed by atoms with Crippen LogP contribution < -0.4 is 5.32 Å². The van der Waals surface area contributed by atoms with E-state index in [1.54, 1.807) is 12.1 Å². The molecule has 0 unspecified atom stereocenters. The lowest BCUT2D eigenvalue weighted by Gasteiger charge is -2.08. The molecule has 1 aromatic carbocycles. The molecule has 0 saturated heterocycles. The maximum atomic E-state index is 12.4. The summed E-state index contributed by atoms with van der Waals surface area (Å²) in [6.45, 7) is 5.23. The van der Waals surface area contributed by atoms with Gasteiger partial charge in [-0.05, 0) is 25.5 Å². The van der Waals surface area contributed by atoms with Crippen molar-refractivity contribution in [1.29, 1.82) is 0 Å². The smallest absolute Gasteiger partial charge is 0.341 e. The number of anilines is 1. The van der Waals surface area contributed by atoms with Gasteiger partial charge in [0.2, 0.25) is 5.91 Å². The number of hydrogen-bond acceptors (Lipinski definition) is 4. The fraction of sp³-hybridized carbons (Fsp3) is 0.250. The number of thiophene rings is 1. The van der Waals surface area contributed by atoms with Crippen LogP contribution in [0.1, 0.15) is 33.3 Å². The summed E-state index contributed by atoms with van der Waals surface area (Å²) in [5.41, 5.74) is 1.96. The molecule has 0 bridgehead atoms. The zero-order chi connectivity index (χ0) is 16.3. The second-order valence-corrected chi connectivity index (χ2v) is 6.47. The summed E-state index contributed by atoms with van der Waals surface area (Å²) >= 11 is 7.41. The standard InChI is InChI=1S/C16H16ClNO3S/c1-9-10(2)22-15(18-11(3)19)14(9)16(20)21-8-12-6-4-5-7-13(12)17/h4-7H,8H2,1-3H3,(H,18,19). The van der Waals surface area contributed by atoms with E-state index in [9.17, 15) is 9.59 Å². The number of amides is 1. The molecule has 6 heteroatoms. The van der Waals surface area contributed by atoms with Crippen LogP contribution >= 0.6 is 22.9 Å². The number of carbonyl (C=O) groups is 2. The van der Waals surface area contributed by atoms with Gasteiger partial charge in [-0.15, -0.1) is 11.3 Å². The summed E-state index contributed by atoms with van der Waals surface area (Å²) in [5.74, 6) is -0.688. The quantitative estimate of drug-likeness (QED) is 0.845. The SMILES string of the molecule is CC(=O)Nc1sc(C)c(C)c1C(=O)OCc1ccccc1Cl. The Hall–Kier alpha value is -1.85. The minimum absolute atomic E-state index is 0.0896.